The highest BCUT2D eigenvalue weighted by molar-refractivity contribution is 5.75. The fraction of sp³-hybridized carbons (Fsp3) is 0.188. The number of hydrogen-bond donors (Lipinski definition) is 1. The zero-order valence-corrected chi connectivity index (χ0v) is 11.2. The van der Waals surface area contributed by atoms with Crippen LogP contribution in [0.5, 0.6) is 0 Å². The number of aryl methyl sites for hydroxylation is 2. The number of nitrogens with two attached hydrogens (primary N) is 1. The smallest absolute Gasteiger partial charge is 0.114 e. The van der Waals surface area contributed by atoms with Crippen molar-refractivity contribution in [1.82, 2.24) is 9.55 Å². The lowest BCUT2D eigenvalue weighted by Crippen LogP contribution is -2.02. The Balaban J connectivity index is 2.06. The van der Waals surface area contributed by atoms with E-state index in [-0.39, 0.29) is 0 Å². The molecule has 0 fully saturated rings. The van der Waals surface area contributed by atoms with Gasteiger partial charge in [-0.15, -0.1) is 0 Å². The number of para-hydroxylation sites is 2. The summed E-state index contributed by atoms with van der Waals surface area (Å²) >= 11 is 0. The van der Waals surface area contributed by atoms with Gasteiger partial charge in [-0.2, -0.15) is 0 Å². The van der Waals surface area contributed by atoms with Gasteiger partial charge in [-0.1, -0.05) is 29.8 Å². The molecule has 2 N–H and O–H groups in total. The van der Waals surface area contributed by atoms with E-state index in [0.717, 1.165) is 34.5 Å². The molecule has 1 heterocycles. The van der Waals surface area contributed by atoms with Gasteiger partial charge in [-0.25, -0.2) is 4.98 Å². The SMILES string of the molecule is Cc1ccc(N)c(Cc2nc3ccccc3n2C)c1. The molecule has 0 saturated heterocycles. The van der Waals surface area contributed by atoms with Crippen LogP contribution in [0, 0.1) is 6.92 Å². The molecule has 2 aromatic carbocycles. The monoisotopic (exact) mass is 251 g/mol. The van der Waals surface area contributed by atoms with Crippen LogP contribution in [0.1, 0.15) is 17.0 Å². The molecule has 3 nitrogen and oxygen atoms in total. The minimum atomic E-state index is 0.763. The van der Waals surface area contributed by atoms with E-state index >= 15 is 0 Å². The van der Waals surface area contributed by atoms with Crippen LogP contribution in [-0.4, -0.2) is 9.55 Å². The molecule has 0 radical (unpaired) electrons. The molecule has 0 spiro atoms. The Morgan fingerprint density at radius 3 is 2.74 bits per heavy atom. The first-order valence-electron chi connectivity index (χ1n) is 6.40. The Bertz CT molecular complexity index is 741. The first kappa shape index (κ1) is 11.8. The first-order valence-corrected chi connectivity index (χ1v) is 6.40. The van der Waals surface area contributed by atoms with Gasteiger partial charge in [0.05, 0.1) is 11.0 Å². The lowest BCUT2D eigenvalue weighted by Gasteiger charge is -2.07. The van der Waals surface area contributed by atoms with Crippen LogP contribution in [0.25, 0.3) is 11.0 Å². The largest absolute Gasteiger partial charge is 0.398 e. The van der Waals surface area contributed by atoms with Crippen LogP contribution in [0.15, 0.2) is 42.5 Å². The van der Waals surface area contributed by atoms with Crippen LogP contribution in [0.3, 0.4) is 0 Å². The van der Waals surface area contributed by atoms with Gasteiger partial charge in [0, 0.05) is 19.2 Å². The quantitative estimate of drug-likeness (QED) is 0.711. The Hall–Kier alpha value is -2.29. The summed E-state index contributed by atoms with van der Waals surface area (Å²) in [5.74, 6) is 1.04. The van der Waals surface area contributed by atoms with Crippen molar-refractivity contribution in [1.29, 1.82) is 0 Å². The molecule has 0 aliphatic heterocycles. The molecule has 0 aliphatic carbocycles. The predicted octanol–water partition coefficient (Wildman–Crippen LogP) is 3.05. The van der Waals surface area contributed by atoms with E-state index in [1.807, 2.05) is 30.3 Å². The molecule has 3 aromatic rings. The summed E-state index contributed by atoms with van der Waals surface area (Å²) in [6.07, 6.45) is 0.763. The number of nitrogen functional groups attached to an aromatic ring is 1. The number of hydrogen-bond acceptors (Lipinski definition) is 2. The Morgan fingerprint density at radius 2 is 1.95 bits per heavy atom. The van der Waals surface area contributed by atoms with Crippen LogP contribution in [0.4, 0.5) is 5.69 Å². The van der Waals surface area contributed by atoms with Gasteiger partial charge in [-0.05, 0) is 30.7 Å². The number of rotatable bonds is 2. The Kier molecular flexibility index (Phi) is 2.75. The standard InChI is InChI=1S/C16H17N3/c1-11-7-8-13(17)12(9-11)10-16-18-14-5-3-4-6-15(14)19(16)2/h3-9H,10,17H2,1-2H3. The van der Waals surface area contributed by atoms with Crippen LogP contribution in [0.2, 0.25) is 0 Å². The van der Waals surface area contributed by atoms with Gasteiger partial charge in [0.1, 0.15) is 5.82 Å². The number of nitrogens with zero attached hydrogens (tertiary/aromatic N) is 2. The number of anilines is 1. The highest BCUT2D eigenvalue weighted by Crippen LogP contribution is 2.20. The highest BCUT2D eigenvalue weighted by Gasteiger charge is 2.09. The van der Waals surface area contributed by atoms with Crippen molar-refractivity contribution in [3.8, 4) is 0 Å². The molecule has 3 heteroatoms. The lowest BCUT2D eigenvalue weighted by molar-refractivity contribution is 0.845. The third-order valence-corrected chi connectivity index (χ3v) is 3.53. The van der Waals surface area contributed by atoms with Gasteiger partial charge in [0.15, 0.2) is 0 Å². The predicted molar refractivity (Wildman–Crippen MR) is 79.1 cm³/mol. The summed E-state index contributed by atoms with van der Waals surface area (Å²) in [4.78, 5) is 4.69. The average Bonchev–Trinajstić information content (AvgIpc) is 2.72. The summed E-state index contributed by atoms with van der Waals surface area (Å²) in [6.45, 7) is 2.08. The van der Waals surface area contributed by atoms with E-state index in [1.165, 1.54) is 5.56 Å². The second-order valence-electron chi connectivity index (χ2n) is 4.95. The number of imidazole rings is 1. The van der Waals surface area contributed by atoms with Gasteiger partial charge in [0.25, 0.3) is 0 Å². The van der Waals surface area contributed by atoms with E-state index in [4.69, 9.17) is 5.73 Å². The molecule has 3 rings (SSSR count). The zero-order chi connectivity index (χ0) is 13.4. The molecule has 0 bridgehead atoms. The first-order chi connectivity index (χ1) is 9.15. The third-order valence-electron chi connectivity index (χ3n) is 3.53. The summed E-state index contributed by atoms with van der Waals surface area (Å²) in [5.41, 5.74) is 11.4. The van der Waals surface area contributed by atoms with Crippen LogP contribution < -0.4 is 5.73 Å². The van der Waals surface area contributed by atoms with Gasteiger partial charge in [0.2, 0.25) is 0 Å². The van der Waals surface area contributed by atoms with Crippen molar-refractivity contribution in [3.05, 3.63) is 59.4 Å². The maximum atomic E-state index is 6.04. The Labute approximate surface area is 112 Å². The second kappa shape index (κ2) is 4.43. The maximum absolute atomic E-state index is 6.04. The van der Waals surface area contributed by atoms with Gasteiger partial charge in [-0.3, -0.25) is 0 Å². The van der Waals surface area contributed by atoms with Crippen LogP contribution >= 0.6 is 0 Å². The van der Waals surface area contributed by atoms with E-state index in [1.54, 1.807) is 0 Å². The average molecular weight is 251 g/mol. The maximum Gasteiger partial charge on any atom is 0.114 e. The highest BCUT2D eigenvalue weighted by atomic mass is 15.1. The molecular weight excluding hydrogens is 234 g/mol. The van der Waals surface area contributed by atoms with E-state index < -0.39 is 0 Å². The number of fused-ring (bicyclic) bond motifs is 1. The van der Waals surface area contributed by atoms with Crippen molar-refractivity contribution in [2.45, 2.75) is 13.3 Å². The second-order valence-corrected chi connectivity index (χ2v) is 4.95. The minimum Gasteiger partial charge on any atom is -0.398 e. The normalized spacial score (nSPS) is 11.1. The summed E-state index contributed by atoms with van der Waals surface area (Å²) < 4.78 is 2.14. The minimum absolute atomic E-state index is 0.763. The summed E-state index contributed by atoms with van der Waals surface area (Å²) in [5, 5.41) is 0. The topological polar surface area (TPSA) is 43.8 Å². The number of aromatic nitrogens is 2. The molecular formula is C16H17N3. The summed E-state index contributed by atoms with van der Waals surface area (Å²) in [6, 6.07) is 14.3. The molecule has 0 atom stereocenters. The van der Waals surface area contributed by atoms with Gasteiger partial charge < -0.3 is 10.3 Å². The lowest BCUT2D eigenvalue weighted by atomic mass is 10.1. The molecule has 0 saturated carbocycles. The molecule has 0 aliphatic rings. The van der Waals surface area contributed by atoms with Gasteiger partial charge >= 0.3 is 0 Å². The number of benzene rings is 2. The van der Waals surface area contributed by atoms with Crippen LogP contribution in [-0.2, 0) is 13.5 Å². The molecule has 0 amide bonds. The Morgan fingerprint density at radius 1 is 1.16 bits per heavy atom. The van der Waals surface area contributed by atoms with Crippen molar-refractivity contribution in [2.75, 3.05) is 5.73 Å². The van der Waals surface area contributed by atoms with Crippen molar-refractivity contribution in [3.63, 3.8) is 0 Å². The zero-order valence-electron chi connectivity index (χ0n) is 11.2. The van der Waals surface area contributed by atoms with Crippen molar-refractivity contribution >= 4 is 16.7 Å². The van der Waals surface area contributed by atoms with Crippen molar-refractivity contribution in [2.24, 2.45) is 7.05 Å². The third kappa shape index (κ3) is 2.08. The van der Waals surface area contributed by atoms with E-state index in [2.05, 4.69) is 35.7 Å². The fourth-order valence-corrected chi connectivity index (χ4v) is 2.41. The molecule has 1 aromatic heterocycles. The molecule has 96 valence electrons. The molecule has 19 heavy (non-hydrogen) atoms. The summed E-state index contributed by atoms with van der Waals surface area (Å²) in [7, 11) is 2.05. The fourth-order valence-electron chi connectivity index (χ4n) is 2.41. The van der Waals surface area contributed by atoms with Crippen molar-refractivity contribution < 1.29 is 0 Å². The van der Waals surface area contributed by atoms with E-state index in [9.17, 15) is 0 Å². The van der Waals surface area contributed by atoms with E-state index in [0.29, 0.717) is 0 Å². The molecule has 0 unspecified atom stereocenters.